The highest BCUT2D eigenvalue weighted by molar-refractivity contribution is 7.14. The Hall–Kier alpha value is -2.12. The summed E-state index contributed by atoms with van der Waals surface area (Å²) in [6.45, 7) is 0. The largest absolute Gasteiger partial charge is 0.478 e. The van der Waals surface area contributed by atoms with Crippen molar-refractivity contribution in [3.05, 3.63) is 74.0 Å². The van der Waals surface area contributed by atoms with Crippen LogP contribution in [-0.4, -0.2) is 23.2 Å². The van der Waals surface area contributed by atoms with Crippen molar-refractivity contribution in [2.24, 2.45) is 0 Å². The predicted molar refractivity (Wildman–Crippen MR) is 115 cm³/mol. The molecule has 1 unspecified atom stereocenters. The van der Waals surface area contributed by atoms with Crippen LogP contribution in [0.4, 0.5) is 10.1 Å². The third kappa shape index (κ3) is 4.90. The van der Waals surface area contributed by atoms with Gasteiger partial charge < -0.3 is 10.4 Å². The van der Waals surface area contributed by atoms with Crippen molar-refractivity contribution >= 4 is 63.7 Å². The molecule has 2 aromatic carbocycles. The summed E-state index contributed by atoms with van der Waals surface area (Å²) < 4.78 is 14.5. The molecule has 29 heavy (non-hydrogen) atoms. The summed E-state index contributed by atoms with van der Waals surface area (Å²) in [5.41, 5.74) is 0.833. The average molecular weight is 473 g/mol. The molecule has 3 aromatic rings. The number of rotatable bonds is 6. The smallest absolute Gasteiger partial charge is 0.339 e. The first-order valence-corrected chi connectivity index (χ1v) is 10.3. The molecular weight excluding hydrogens is 460 g/mol. The number of carbonyl (C=O) groups is 2. The van der Waals surface area contributed by atoms with E-state index >= 15 is 0 Å². The van der Waals surface area contributed by atoms with E-state index in [4.69, 9.17) is 34.8 Å². The van der Waals surface area contributed by atoms with E-state index in [0.717, 1.165) is 11.3 Å². The number of carboxylic acids is 1. The molecular formula is C20H13Cl3FNO3S. The Morgan fingerprint density at radius 3 is 2.28 bits per heavy atom. The summed E-state index contributed by atoms with van der Waals surface area (Å²) >= 11 is 19.0. The van der Waals surface area contributed by atoms with Gasteiger partial charge in [-0.1, -0.05) is 53.0 Å². The molecule has 0 saturated heterocycles. The summed E-state index contributed by atoms with van der Waals surface area (Å²) in [4.78, 5) is 24.5. The Morgan fingerprint density at radius 2 is 1.69 bits per heavy atom. The number of carbonyl (C=O) groups excluding carboxylic acids is 1. The Balaban J connectivity index is 1.83. The van der Waals surface area contributed by atoms with Gasteiger partial charge in [0.2, 0.25) is 0 Å². The summed E-state index contributed by atoms with van der Waals surface area (Å²) in [6.07, 6.45) is -2.30. The SMILES string of the molecule is O=C(O)c1c(NC(=O)C(F)Cc2c(Cl)cccc2Cl)csc1-c1ccc(Cl)cc1. The van der Waals surface area contributed by atoms with Gasteiger partial charge in [0.15, 0.2) is 6.17 Å². The molecule has 1 heterocycles. The van der Waals surface area contributed by atoms with Gasteiger partial charge in [0.25, 0.3) is 5.91 Å². The van der Waals surface area contributed by atoms with Crippen molar-refractivity contribution in [2.75, 3.05) is 5.32 Å². The third-order valence-corrected chi connectivity index (χ3v) is 6.09. The highest BCUT2D eigenvalue weighted by Gasteiger charge is 2.25. The van der Waals surface area contributed by atoms with Crippen molar-refractivity contribution in [2.45, 2.75) is 12.6 Å². The molecule has 2 N–H and O–H groups in total. The summed E-state index contributed by atoms with van der Waals surface area (Å²) in [6, 6.07) is 11.3. The topological polar surface area (TPSA) is 66.4 Å². The van der Waals surface area contributed by atoms with Crippen LogP contribution in [0.3, 0.4) is 0 Å². The van der Waals surface area contributed by atoms with Crippen LogP contribution in [0.15, 0.2) is 47.8 Å². The van der Waals surface area contributed by atoms with Gasteiger partial charge in [-0.05, 0) is 35.4 Å². The lowest BCUT2D eigenvalue weighted by Crippen LogP contribution is -2.26. The van der Waals surface area contributed by atoms with Gasteiger partial charge in [-0.15, -0.1) is 11.3 Å². The van der Waals surface area contributed by atoms with Crippen LogP contribution in [0.2, 0.25) is 15.1 Å². The minimum absolute atomic E-state index is 0.0188. The first-order chi connectivity index (χ1) is 13.8. The summed E-state index contributed by atoms with van der Waals surface area (Å²) in [5, 5.41) is 14.4. The molecule has 0 aliphatic rings. The minimum Gasteiger partial charge on any atom is -0.478 e. The quantitative estimate of drug-likeness (QED) is 0.425. The highest BCUT2D eigenvalue weighted by atomic mass is 35.5. The van der Waals surface area contributed by atoms with Crippen LogP contribution in [0, 0.1) is 0 Å². The van der Waals surface area contributed by atoms with Gasteiger partial charge in [0.05, 0.1) is 10.6 Å². The molecule has 0 saturated carbocycles. The molecule has 9 heteroatoms. The number of amides is 1. The van der Waals surface area contributed by atoms with Gasteiger partial charge >= 0.3 is 5.97 Å². The van der Waals surface area contributed by atoms with Crippen LogP contribution < -0.4 is 5.32 Å². The molecule has 1 atom stereocenters. The van der Waals surface area contributed by atoms with Crippen LogP contribution >= 0.6 is 46.1 Å². The lowest BCUT2D eigenvalue weighted by molar-refractivity contribution is -0.120. The predicted octanol–water partition coefficient (Wildman–Crippen LogP) is 6.59. The number of carboxylic acid groups (broad SMARTS) is 1. The number of benzene rings is 2. The van der Waals surface area contributed by atoms with Crippen molar-refractivity contribution in [3.8, 4) is 10.4 Å². The molecule has 0 aliphatic carbocycles. The number of hydrogen-bond acceptors (Lipinski definition) is 3. The van der Waals surface area contributed by atoms with Gasteiger partial charge in [0, 0.05) is 26.9 Å². The zero-order valence-electron chi connectivity index (χ0n) is 14.6. The van der Waals surface area contributed by atoms with E-state index in [1.165, 1.54) is 5.38 Å². The van der Waals surface area contributed by atoms with Crippen LogP contribution in [0.1, 0.15) is 15.9 Å². The molecule has 0 bridgehead atoms. The first-order valence-electron chi connectivity index (χ1n) is 8.26. The molecule has 0 spiro atoms. The number of aromatic carboxylic acids is 1. The number of alkyl halides is 1. The standard InChI is InChI=1S/C20H13Cl3FNO3S/c21-11-6-4-10(5-7-11)18-17(20(27)28)16(9-29-18)25-19(26)15(24)8-12-13(22)2-1-3-14(12)23/h1-7,9,15H,8H2,(H,25,26)(H,27,28). The Kier molecular flexibility index (Phi) is 6.80. The fraction of sp³-hybridized carbons (Fsp3) is 0.100. The van der Waals surface area contributed by atoms with E-state index in [9.17, 15) is 19.1 Å². The Morgan fingerprint density at radius 1 is 1.07 bits per heavy atom. The van der Waals surface area contributed by atoms with Gasteiger partial charge in [-0.3, -0.25) is 4.79 Å². The fourth-order valence-corrected chi connectivity index (χ4v) is 4.36. The maximum Gasteiger partial charge on any atom is 0.339 e. The molecule has 0 aliphatic heterocycles. The highest BCUT2D eigenvalue weighted by Crippen LogP contribution is 2.37. The van der Waals surface area contributed by atoms with E-state index in [2.05, 4.69) is 5.32 Å². The maximum atomic E-state index is 14.5. The second-order valence-electron chi connectivity index (χ2n) is 6.03. The van der Waals surface area contributed by atoms with Crippen molar-refractivity contribution < 1.29 is 19.1 Å². The molecule has 3 rings (SSSR count). The van der Waals surface area contributed by atoms with Crippen LogP contribution in [0.25, 0.3) is 10.4 Å². The van der Waals surface area contributed by atoms with E-state index in [0.29, 0.717) is 21.0 Å². The molecule has 4 nitrogen and oxygen atoms in total. The molecule has 1 amide bonds. The minimum atomic E-state index is -1.96. The third-order valence-electron chi connectivity index (χ3n) is 4.10. The second-order valence-corrected chi connectivity index (χ2v) is 8.16. The van der Waals surface area contributed by atoms with E-state index in [1.54, 1.807) is 42.5 Å². The molecule has 0 fully saturated rings. The summed E-state index contributed by atoms with van der Waals surface area (Å²) in [7, 11) is 0. The lowest BCUT2D eigenvalue weighted by atomic mass is 10.1. The van der Waals surface area contributed by atoms with E-state index < -0.39 is 18.0 Å². The van der Waals surface area contributed by atoms with Gasteiger partial charge in [0.1, 0.15) is 5.56 Å². The van der Waals surface area contributed by atoms with Gasteiger partial charge in [-0.2, -0.15) is 0 Å². The maximum absolute atomic E-state index is 14.5. The van der Waals surface area contributed by atoms with Crippen molar-refractivity contribution in [3.63, 3.8) is 0 Å². The fourth-order valence-electron chi connectivity index (χ4n) is 2.69. The molecule has 0 radical (unpaired) electrons. The van der Waals surface area contributed by atoms with Crippen molar-refractivity contribution in [1.82, 2.24) is 0 Å². The summed E-state index contributed by atoms with van der Waals surface area (Å²) in [5.74, 6) is -2.22. The normalized spacial score (nSPS) is 11.9. The Labute approximate surface area is 184 Å². The van der Waals surface area contributed by atoms with E-state index in [-0.39, 0.29) is 27.7 Å². The molecule has 1 aromatic heterocycles. The zero-order chi connectivity index (χ0) is 21.1. The number of nitrogens with one attached hydrogen (secondary N) is 1. The number of anilines is 1. The first kappa shape index (κ1) is 21.6. The van der Waals surface area contributed by atoms with Crippen molar-refractivity contribution in [1.29, 1.82) is 0 Å². The van der Waals surface area contributed by atoms with Gasteiger partial charge in [-0.25, -0.2) is 9.18 Å². The average Bonchev–Trinajstić information content (AvgIpc) is 3.09. The number of thiophene rings is 1. The Bertz CT molecular complexity index is 1050. The monoisotopic (exact) mass is 471 g/mol. The molecule has 150 valence electrons. The van der Waals surface area contributed by atoms with Crippen LogP contribution in [-0.2, 0) is 11.2 Å². The van der Waals surface area contributed by atoms with Crippen LogP contribution in [0.5, 0.6) is 0 Å². The number of halogens is 4. The van der Waals surface area contributed by atoms with E-state index in [1.807, 2.05) is 0 Å². The lowest BCUT2D eigenvalue weighted by Gasteiger charge is -2.12. The number of hydrogen-bond donors (Lipinski definition) is 2. The second kappa shape index (κ2) is 9.13. The zero-order valence-corrected chi connectivity index (χ0v) is 17.7.